The number of hydrogen-bond acceptors (Lipinski definition) is 1. The molecule has 0 amide bonds. The third-order valence-electron chi connectivity index (χ3n) is 3.88. The molecular weight excluding hydrogens is 268 g/mol. The third kappa shape index (κ3) is 4.96. The zero-order chi connectivity index (χ0) is 14.2. The minimum Gasteiger partial charge on any atom is -0.381 e. The van der Waals surface area contributed by atoms with Gasteiger partial charge in [0.15, 0.2) is 0 Å². The second-order valence-corrected chi connectivity index (χ2v) is 5.88. The second-order valence-electron chi connectivity index (χ2n) is 5.44. The highest BCUT2D eigenvalue weighted by Crippen LogP contribution is 2.30. The van der Waals surface area contributed by atoms with Gasteiger partial charge in [0, 0.05) is 24.2 Å². The van der Waals surface area contributed by atoms with Crippen LogP contribution in [0, 0.1) is 11.8 Å². The number of allylic oxidation sites excluding steroid dienone is 2. The van der Waals surface area contributed by atoms with Crippen molar-refractivity contribution in [3.05, 3.63) is 52.9 Å². The van der Waals surface area contributed by atoms with E-state index in [0.717, 1.165) is 30.6 Å². The number of hydrogen-bond donors (Lipinski definition) is 0. The maximum atomic E-state index is 5.90. The van der Waals surface area contributed by atoms with E-state index in [1.54, 1.807) is 5.92 Å². The third-order valence-corrected chi connectivity index (χ3v) is 4.14. The molecular formula is C18H24ClO. The molecule has 1 heterocycles. The quantitative estimate of drug-likeness (QED) is 0.696. The van der Waals surface area contributed by atoms with Crippen molar-refractivity contribution in [2.75, 3.05) is 13.2 Å². The number of ether oxygens (including phenoxy) is 1. The Morgan fingerprint density at radius 2 is 1.95 bits per heavy atom. The van der Waals surface area contributed by atoms with E-state index in [-0.39, 0.29) is 0 Å². The summed E-state index contributed by atoms with van der Waals surface area (Å²) in [6, 6.07) is 8.11. The van der Waals surface area contributed by atoms with Gasteiger partial charge in [-0.25, -0.2) is 0 Å². The van der Waals surface area contributed by atoms with Gasteiger partial charge in [-0.1, -0.05) is 49.2 Å². The first-order chi connectivity index (χ1) is 9.79. The Hall–Kier alpha value is -0.790. The molecule has 0 aromatic heterocycles. The number of rotatable bonds is 6. The van der Waals surface area contributed by atoms with E-state index in [9.17, 15) is 0 Å². The topological polar surface area (TPSA) is 9.23 Å². The number of halogens is 1. The first-order valence-electron chi connectivity index (χ1n) is 7.64. The Labute approximate surface area is 128 Å². The van der Waals surface area contributed by atoms with Gasteiger partial charge in [-0.2, -0.15) is 0 Å². The van der Waals surface area contributed by atoms with Crippen molar-refractivity contribution in [2.45, 2.75) is 39.0 Å². The normalized spacial score (nSPS) is 17.1. The fourth-order valence-corrected chi connectivity index (χ4v) is 2.87. The SMILES string of the molecule is CCC[C](C=CCc1ccc(Cl)cc1)C1CCOCC1. The highest BCUT2D eigenvalue weighted by molar-refractivity contribution is 6.30. The Morgan fingerprint density at radius 3 is 2.60 bits per heavy atom. The summed E-state index contributed by atoms with van der Waals surface area (Å²) in [7, 11) is 0. The van der Waals surface area contributed by atoms with Crippen LogP contribution in [-0.2, 0) is 11.2 Å². The van der Waals surface area contributed by atoms with Crippen LogP contribution < -0.4 is 0 Å². The zero-order valence-corrected chi connectivity index (χ0v) is 13.0. The summed E-state index contributed by atoms with van der Waals surface area (Å²) < 4.78 is 5.46. The molecule has 1 aromatic rings. The van der Waals surface area contributed by atoms with Crippen molar-refractivity contribution in [1.82, 2.24) is 0 Å². The van der Waals surface area contributed by atoms with Gasteiger partial charge >= 0.3 is 0 Å². The minimum absolute atomic E-state index is 0.727. The molecule has 109 valence electrons. The van der Waals surface area contributed by atoms with E-state index in [2.05, 4.69) is 31.2 Å². The molecule has 0 spiro atoms. The van der Waals surface area contributed by atoms with Crippen LogP contribution in [-0.4, -0.2) is 13.2 Å². The molecule has 1 radical (unpaired) electrons. The van der Waals surface area contributed by atoms with Gasteiger partial charge in [-0.3, -0.25) is 0 Å². The van der Waals surface area contributed by atoms with Crippen LogP contribution in [0.4, 0.5) is 0 Å². The molecule has 2 rings (SSSR count). The maximum Gasteiger partial charge on any atom is 0.0469 e. The molecule has 0 unspecified atom stereocenters. The average molecular weight is 292 g/mol. The largest absolute Gasteiger partial charge is 0.381 e. The van der Waals surface area contributed by atoms with Crippen molar-refractivity contribution in [3.63, 3.8) is 0 Å². The van der Waals surface area contributed by atoms with Crippen LogP contribution in [0.25, 0.3) is 0 Å². The summed E-state index contributed by atoms with van der Waals surface area (Å²) in [5.74, 6) is 2.33. The van der Waals surface area contributed by atoms with Crippen molar-refractivity contribution in [2.24, 2.45) is 5.92 Å². The Balaban J connectivity index is 1.89. The molecule has 0 atom stereocenters. The maximum absolute atomic E-state index is 5.90. The van der Waals surface area contributed by atoms with Crippen LogP contribution in [0.5, 0.6) is 0 Å². The van der Waals surface area contributed by atoms with Gasteiger partial charge in [0.2, 0.25) is 0 Å². The van der Waals surface area contributed by atoms with Crippen LogP contribution in [0.3, 0.4) is 0 Å². The van der Waals surface area contributed by atoms with Crippen LogP contribution in [0.15, 0.2) is 36.4 Å². The first-order valence-corrected chi connectivity index (χ1v) is 8.02. The smallest absolute Gasteiger partial charge is 0.0469 e. The summed E-state index contributed by atoms with van der Waals surface area (Å²) in [6.45, 7) is 4.10. The van der Waals surface area contributed by atoms with Crippen LogP contribution in [0.1, 0.15) is 38.2 Å². The highest BCUT2D eigenvalue weighted by atomic mass is 35.5. The fourth-order valence-electron chi connectivity index (χ4n) is 2.75. The predicted molar refractivity (Wildman–Crippen MR) is 86.0 cm³/mol. The van der Waals surface area contributed by atoms with Gasteiger partial charge in [-0.05, 0) is 49.3 Å². The van der Waals surface area contributed by atoms with E-state index in [1.165, 1.54) is 31.2 Å². The van der Waals surface area contributed by atoms with E-state index in [0.29, 0.717) is 0 Å². The molecule has 1 aliphatic heterocycles. The summed E-state index contributed by atoms with van der Waals surface area (Å²) in [5.41, 5.74) is 1.31. The molecule has 0 saturated carbocycles. The molecule has 1 fully saturated rings. The van der Waals surface area contributed by atoms with Gasteiger partial charge in [-0.15, -0.1) is 0 Å². The molecule has 1 saturated heterocycles. The second kappa shape index (κ2) is 8.49. The van der Waals surface area contributed by atoms with Crippen molar-refractivity contribution in [1.29, 1.82) is 0 Å². The Kier molecular flexibility index (Phi) is 6.62. The summed E-state index contributed by atoms with van der Waals surface area (Å²) in [5, 5.41) is 0.804. The lowest BCUT2D eigenvalue weighted by Crippen LogP contribution is -2.21. The molecule has 0 aliphatic carbocycles. The van der Waals surface area contributed by atoms with E-state index >= 15 is 0 Å². The fraction of sp³-hybridized carbons (Fsp3) is 0.500. The molecule has 1 nitrogen and oxygen atoms in total. The molecule has 1 aliphatic rings. The number of benzene rings is 1. The van der Waals surface area contributed by atoms with Crippen LogP contribution >= 0.6 is 11.6 Å². The molecule has 0 bridgehead atoms. The van der Waals surface area contributed by atoms with Crippen molar-refractivity contribution < 1.29 is 4.74 Å². The average Bonchev–Trinajstić information content (AvgIpc) is 2.49. The molecule has 20 heavy (non-hydrogen) atoms. The lowest BCUT2D eigenvalue weighted by Gasteiger charge is -2.27. The zero-order valence-electron chi connectivity index (χ0n) is 12.3. The first kappa shape index (κ1) is 15.6. The van der Waals surface area contributed by atoms with E-state index in [1.807, 2.05) is 12.1 Å². The molecule has 1 aromatic carbocycles. The molecule has 2 heteroatoms. The van der Waals surface area contributed by atoms with Gasteiger partial charge < -0.3 is 4.74 Å². The molecule has 0 N–H and O–H groups in total. The van der Waals surface area contributed by atoms with E-state index < -0.39 is 0 Å². The van der Waals surface area contributed by atoms with E-state index in [4.69, 9.17) is 16.3 Å². The van der Waals surface area contributed by atoms with Crippen LogP contribution in [0.2, 0.25) is 5.02 Å². The van der Waals surface area contributed by atoms with Crippen molar-refractivity contribution >= 4 is 11.6 Å². The summed E-state index contributed by atoms with van der Waals surface area (Å²) in [4.78, 5) is 0. The highest BCUT2D eigenvalue weighted by Gasteiger charge is 2.21. The van der Waals surface area contributed by atoms with Gasteiger partial charge in [0.1, 0.15) is 0 Å². The van der Waals surface area contributed by atoms with Crippen molar-refractivity contribution in [3.8, 4) is 0 Å². The predicted octanol–water partition coefficient (Wildman–Crippen LogP) is 5.24. The summed E-state index contributed by atoms with van der Waals surface area (Å²) in [6.07, 6.45) is 10.4. The summed E-state index contributed by atoms with van der Waals surface area (Å²) >= 11 is 5.90. The van der Waals surface area contributed by atoms with Gasteiger partial charge in [0.25, 0.3) is 0 Å². The standard InChI is InChI=1S/C18H24ClO/c1-2-4-16(17-11-13-20-14-12-17)6-3-5-15-7-9-18(19)10-8-15/h3,6-10,17H,2,4-5,11-14H2,1H3. The Bertz CT molecular complexity index is 404. The lowest BCUT2D eigenvalue weighted by atomic mass is 9.83. The monoisotopic (exact) mass is 291 g/mol. The Morgan fingerprint density at radius 1 is 1.25 bits per heavy atom. The lowest BCUT2D eigenvalue weighted by molar-refractivity contribution is 0.0705. The minimum atomic E-state index is 0.727. The van der Waals surface area contributed by atoms with Gasteiger partial charge in [0.05, 0.1) is 0 Å².